The second-order valence-electron chi connectivity index (χ2n) is 8.46. The van der Waals surface area contributed by atoms with Gasteiger partial charge in [-0.2, -0.15) is 0 Å². The molecule has 0 N–H and O–H groups in total. The van der Waals surface area contributed by atoms with Gasteiger partial charge in [0, 0.05) is 49.4 Å². The molecule has 3 aromatic rings. The summed E-state index contributed by atoms with van der Waals surface area (Å²) in [5.74, 6) is -0.0282. The number of piperazine rings is 1. The summed E-state index contributed by atoms with van der Waals surface area (Å²) in [6, 6.07) is 14.7. The van der Waals surface area contributed by atoms with Gasteiger partial charge in [-0.1, -0.05) is 18.2 Å². The average Bonchev–Trinajstić information content (AvgIpc) is 3.29. The van der Waals surface area contributed by atoms with Crippen LogP contribution in [0.2, 0.25) is 0 Å². The van der Waals surface area contributed by atoms with E-state index in [1.54, 1.807) is 23.5 Å². The molecular weight excluding hydrogens is 423 g/mol. The van der Waals surface area contributed by atoms with Crippen molar-refractivity contribution in [2.45, 2.75) is 19.4 Å². The van der Waals surface area contributed by atoms with Crippen LogP contribution < -0.4 is 4.90 Å². The third kappa shape index (κ3) is 4.75. The summed E-state index contributed by atoms with van der Waals surface area (Å²) < 4.78 is 13.1. The van der Waals surface area contributed by atoms with E-state index in [2.05, 4.69) is 28.0 Å². The standard InChI is InChI=1S/C25H27FN4OS/c26-21-9-7-19(8-10-21)22-18-32-24(27-22)16-28-12-14-29(15-13-28)17-25(31)30-11-3-5-20-4-1-2-6-23(20)30/h1-2,4,6-10,18H,3,5,11-17H2. The van der Waals surface area contributed by atoms with Crippen LogP contribution >= 0.6 is 11.3 Å². The van der Waals surface area contributed by atoms with Gasteiger partial charge in [0.05, 0.1) is 18.8 Å². The van der Waals surface area contributed by atoms with Crippen LogP contribution in [0.15, 0.2) is 53.9 Å². The zero-order valence-corrected chi connectivity index (χ0v) is 18.9. The number of thiazole rings is 1. The van der Waals surface area contributed by atoms with Gasteiger partial charge in [-0.05, 0) is 48.7 Å². The fraction of sp³-hybridized carbons (Fsp3) is 0.360. The topological polar surface area (TPSA) is 39.7 Å². The number of carbonyl (C=O) groups excluding carboxylic acids is 1. The van der Waals surface area contributed by atoms with Crippen molar-refractivity contribution >= 4 is 22.9 Å². The van der Waals surface area contributed by atoms with E-state index in [0.29, 0.717) is 6.54 Å². The first kappa shape index (κ1) is 21.2. The number of nitrogens with zero attached hydrogens (tertiary/aromatic N) is 4. The molecule has 0 unspecified atom stereocenters. The Morgan fingerprint density at radius 2 is 1.72 bits per heavy atom. The minimum atomic E-state index is -0.231. The molecule has 0 radical (unpaired) electrons. The molecular formula is C25H27FN4OS. The quantitative estimate of drug-likeness (QED) is 0.588. The molecule has 3 heterocycles. The van der Waals surface area contributed by atoms with E-state index < -0.39 is 0 Å². The van der Waals surface area contributed by atoms with E-state index in [1.165, 1.54) is 17.7 Å². The van der Waals surface area contributed by atoms with E-state index >= 15 is 0 Å². The molecule has 1 fully saturated rings. The van der Waals surface area contributed by atoms with Gasteiger partial charge in [-0.15, -0.1) is 11.3 Å². The number of para-hydroxylation sites is 1. The van der Waals surface area contributed by atoms with Gasteiger partial charge in [0.1, 0.15) is 10.8 Å². The summed E-state index contributed by atoms with van der Waals surface area (Å²) in [5.41, 5.74) is 4.20. The molecule has 2 aromatic carbocycles. The molecule has 2 aliphatic rings. The minimum Gasteiger partial charge on any atom is -0.311 e. The number of halogens is 1. The lowest BCUT2D eigenvalue weighted by atomic mass is 10.0. The normalized spacial score (nSPS) is 17.3. The van der Waals surface area contributed by atoms with E-state index in [0.717, 1.165) is 74.1 Å². The van der Waals surface area contributed by atoms with Gasteiger partial charge >= 0.3 is 0 Å². The van der Waals surface area contributed by atoms with Crippen LogP contribution in [-0.2, 0) is 17.8 Å². The van der Waals surface area contributed by atoms with E-state index in [1.807, 2.05) is 16.3 Å². The number of amides is 1. The lowest BCUT2D eigenvalue weighted by Crippen LogP contribution is -2.50. The highest BCUT2D eigenvalue weighted by Crippen LogP contribution is 2.27. The van der Waals surface area contributed by atoms with Crippen molar-refractivity contribution in [3.63, 3.8) is 0 Å². The van der Waals surface area contributed by atoms with Crippen LogP contribution in [0, 0.1) is 5.82 Å². The number of hydrogen-bond acceptors (Lipinski definition) is 5. The van der Waals surface area contributed by atoms with Crippen LogP contribution in [0.4, 0.5) is 10.1 Å². The Kier molecular flexibility index (Phi) is 6.30. The zero-order chi connectivity index (χ0) is 21.9. The highest BCUT2D eigenvalue weighted by atomic mass is 32.1. The first-order valence-electron chi connectivity index (χ1n) is 11.2. The van der Waals surface area contributed by atoms with Crippen molar-refractivity contribution in [1.29, 1.82) is 0 Å². The van der Waals surface area contributed by atoms with Crippen LogP contribution in [0.1, 0.15) is 17.0 Å². The maximum absolute atomic E-state index is 13.1. The molecule has 2 aliphatic heterocycles. The predicted molar refractivity (Wildman–Crippen MR) is 126 cm³/mol. The molecule has 32 heavy (non-hydrogen) atoms. The first-order valence-corrected chi connectivity index (χ1v) is 12.1. The third-order valence-corrected chi connectivity index (χ3v) is 7.12. The Morgan fingerprint density at radius 3 is 2.53 bits per heavy atom. The van der Waals surface area contributed by atoms with E-state index in [4.69, 9.17) is 4.98 Å². The Morgan fingerprint density at radius 1 is 0.969 bits per heavy atom. The van der Waals surface area contributed by atoms with E-state index in [-0.39, 0.29) is 11.7 Å². The Hall–Kier alpha value is -2.61. The Labute approximate surface area is 192 Å². The predicted octanol–water partition coefficient (Wildman–Crippen LogP) is 4.05. The summed E-state index contributed by atoms with van der Waals surface area (Å²) in [7, 11) is 0. The fourth-order valence-corrected chi connectivity index (χ4v) is 5.35. The van der Waals surface area contributed by atoms with Crippen LogP contribution in [0.3, 0.4) is 0 Å². The lowest BCUT2D eigenvalue weighted by Gasteiger charge is -2.36. The number of hydrogen-bond donors (Lipinski definition) is 0. The first-order chi connectivity index (χ1) is 15.7. The molecule has 7 heteroatoms. The molecule has 0 aliphatic carbocycles. The summed E-state index contributed by atoms with van der Waals surface area (Å²) in [6.45, 7) is 5.73. The van der Waals surface area contributed by atoms with Gasteiger partial charge in [-0.3, -0.25) is 14.6 Å². The molecule has 0 saturated carbocycles. The minimum absolute atomic E-state index is 0.203. The molecule has 0 spiro atoms. The molecule has 5 rings (SSSR count). The molecule has 166 valence electrons. The van der Waals surface area contributed by atoms with Crippen LogP contribution in [-0.4, -0.2) is 60.0 Å². The maximum atomic E-state index is 13.1. The van der Waals surface area contributed by atoms with Crippen LogP contribution in [0.5, 0.6) is 0 Å². The van der Waals surface area contributed by atoms with Gasteiger partial charge in [0.15, 0.2) is 0 Å². The molecule has 0 atom stereocenters. The third-order valence-electron chi connectivity index (χ3n) is 6.29. The number of rotatable bonds is 5. The van der Waals surface area contributed by atoms with Gasteiger partial charge < -0.3 is 4.90 Å². The molecule has 1 aromatic heterocycles. The lowest BCUT2D eigenvalue weighted by molar-refractivity contribution is -0.120. The number of anilines is 1. The molecule has 1 saturated heterocycles. The summed E-state index contributed by atoms with van der Waals surface area (Å²) in [5, 5.41) is 3.10. The van der Waals surface area contributed by atoms with Crippen molar-refractivity contribution in [1.82, 2.24) is 14.8 Å². The number of fused-ring (bicyclic) bond motifs is 1. The van der Waals surface area contributed by atoms with Crippen molar-refractivity contribution in [3.8, 4) is 11.3 Å². The highest BCUT2D eigenvalue weighted by Gasteiger charge is 2.25. The summed E-state index contributed by atoms with van der Waals surface area (Å²) in [6.07, 6.45) is 2.09. The largest absolute Gasteiger partial charge is 0.311 e. The monoisotopic (exact) mass is 450 g/mol. The number of carbonyl (C=O) groups is 1. The second-order valence-corrected chi connectivity index (χ2v) is 9.41. The van der Waals surface area contributed by atoms with Crippen molar-refractivity contribution in [3.05, 3.63) is 70.3 Å². The Bertz CT molecular complexity index is 1080. The number of benzene rings is 2. The van der Waals surface area contributed by atoms with Gasteiger partial charge in [0.2, 0.25) is 5.91 Å². The van der Waals surface area contributed by atoms with Crippen LogP contribution in [0.25, 0.3) is 11.3 Å². The average molecular weight is 451 g/mol. The molecule has 5 nitrogen and oxygen atoms in total. The SMILES string of the molecule is O=C(CN1CCN(Cc2nc(-c3ccc(F)cc3)cs2)CC1)N1CCCc2ccccc21. The van der Waals surface area contributed by atoms with E-state index in [9.17, 15) is 9.18 Å². The fourth-order valence-electron chi connectivity index (χ4n) is 4.50. The zero-order valence-electron chi connectivity index (χ0n) is 18.0. The summed E-state index contributed by atoms with van der Waals surface area (Å²) in [4.78, 5) is 24.4. The molecule has 1 amide bonds. The maximum Gasteiger partial charge on any atom is 0.241 e. The summed E-state index contributed by atoms with van der Waals surface area (Å²) >= 11 is 1.65. The van der Waals surface area contributed by atoms with Gasteiger partial charge in [0.25, 0.3) is 0 Å². The van der Waals surface area contributed by atoms with Crippen molar-refractivity contribution < 1.29 is 9.18 Å². The van der Waals surface area contributed by atoms with Gasteiger partial charge in [-0.25, -0.2) is 9.37 Å². The molecule has 0 bridgehead atoms. The van der Waals surface area contributed by atoms with Crippen molar-refractivity contribution in [2.24, 2.45) is 0 Å². The smallest absolute Gasteiger partial charge is 0.241 e. The van der Waals surface area contributed by atoms with Crippen molar-refractivity contribution in [2.75, 3.05) is 44.2 Å². The highest BCUT2D eigenvalue weighted by molar-refractivity contribution is 7.09. The number of aryl methyl sites for hydroxylation is 1. The number of aromatic nitrogens is 1. The second kappa shape index (κ2) is 9.48. The Balaban J connectivity index is 1.13.